The van der Waals surface area contributed by atoms with Crippen molar-refractivity contribution < 1.29 is 18.7 Å². The number of ether oxygens (including phenoxy) is 1. The molecule has 1 unspecified atom stereocenters. The third-order valence-corrected chi connectivity index (χ3v) is 5.38. The Labute approximate surface area is 174 Å². The number of fused-ring (bicyclic) bond motifs is 1. The maximum absolute atomic E-state index is 12.3. The van der Waals surface area contributed by atoms with Gasteiger partial charge in [-0.2, -0.15) is 0 Å². The average molecular weight is 410 g/mol. The molecule has 8 nitrogen and oxygen atoms in total. The van der Waals surface area contributed by atoms with Crippen molar-refractivity contribution in [1.82, 2.24) is 20.5 Å². The predicted molar refractivity (Wildman–Crippen MR) is 112 cm³/mol. The van der Waals surface area contributed by atoms with E-state index in [1.165, 1.54) is 0 Å². The van der Waals surface area contributed by atoms with Crippen LogP contribution in [-0.4, -0.2) is 61.1 Å². The van der Waals surface area contributed by atoms with Gasteiger partial charge in [-0.25, -0.2) is 0 Å². The predicted octanol–water partition coefficient (Wildman–Crippen LogP) is 1.61. The van der Waals surface area contributed by atoms with E-state index in [1.807, 2.05) is 42.6 Å². The number of carbonyl (C=O) groups excluding carboxylic acids is 2. The summed E-state index contributed by atoms with van der Waals surface area (Å²) in [7, 11) is 0. The molecule has 1 fully saturated rings. The van der Waals surface area contributed by atoms with Gasteiger partial charge in [-0.3, -0.25) is 14.5 Å². The van der Waals surface area contributed by atoms with Gasteiger partial charge in [0.1, 0.15) is 5.76 Å². The van der Waals surface area contributed by atoms with E-state index in [4.69, 9.17) is 9.15 Å². The van der Waals surface area contributed by atoms with Crippen LogP contribution in [0.1, 0.15) is 17.4 Å². The van der Waals surface area contributed by atoms with Crippen molar-refractivity contribution in [1.29, 1.82) is 0 Å². The SMILES string of the molecule is O=C(NCCc1c[nH]c2ccccc12)C(=O)NCC(c1ccco1)N1CCOCC1. The zero-order valence-corrected chi connectivity index (χ0v) is 16.7. The summed E-state index contributed by atoms with van der Waals surface area (Å²) in [4.78, 5) is 29.9. The molecule has 8 heteroatoms. The van der Waals surface area contributed by atoms with Crippen LogP contribution in [0.15, 0.2) is 53.3 Å². The molecule has 1 aliphatic rings. The highest BCUT2D eigenvalue weighted by Crippen LogP contribution is 2.21. The minimum absolute atomic E-state index is 0.133. The summed E-state index contributed by atoms with van der Waals surface area (Å²) in [5.74, 6) is -0.509. The number of morpholine rings is 1. The molecule has 0 aliphatic carbocycles. The molecule has 2 aromatic heterocycles. The lowest BCUT2D eigenvalue weighted by Gasteiger charge is -2.33. The molecule has 3 heterocycles. The van der Waals surface area contributed by atoms with Crippen molar-refractivity contribution in [2.45, 2.75) is 12.5 Å². The van der Waals surface area contributed by atoms with Crippen LogP contribution in [0.3, 0.4) is 0 Å². The van der Waals surface area contributed by atoms with E-state index in [1.54, 1.807) is 6.26 Å². The summed E-state index contributed by atoms with van der Waals surface area (Å²) in [5.41, 5.74) is 2.17. The second-order valence-electron chi connectivity index (χ2n) is 7.25. The Morgan fingerprint density at radius 3 is 2.67 bits per heavy atom. The fourth-order valence-corrected chi connectivity index (χ4v) is 3.78. The van der Waals surface area contributed by atoms with Gasteiger partial charge >= 0.3 is 11.8 Å². The van der Waals surface area contributed by atoms with E-state index < -0.39 is 11.8 Å². The highest BCUT2D eigenvalue weighted by Gasteiger charge is 2.26. The first kappa shape index (κ1) is 20.2. The van der Waals surface area contributed by atoms with Crippen LogP contribution in [0.25, 0.3) is 10.9 Å². The molecule has 3 N–H and O–H groups in total. The number of nitrogens with zero attached hydrogens (tertiary/aromatic N) is 1. The third-order valence-electron chi connectivity index (χ3n) is 5.38. The Kier molecular flexibility index (Phi) is 6.46. The Morgan fingerprint density at radius 2 is 1.87 bits per heavy atom. The quantitative estimate of drug-likeness (QED) is 0.514. The lowest BCUT2D eigenvalue weighted by molar-refractivity contribution is -0.139. The molecule has 1 saturated heterocycles. The Morgan fingerprint density at radius 1 is 1.07 bits per heavy atom. The smallest absolute Gasteiger partial charge is 0.309 e. The molecule has 1 aliphatic heterocycles. The van der Waals surface area contributed by atoms with Gasteiger partial charge in [-0.15, -0.1) is 0 Å². The third kappa shape index (κ3) is 4.72. The number of para-hydroxylation sites is 1. The Hall–Kier alpha value is -3.10. The maximum Gasteiger partial charge on any atom is 0.309 e. The number of H-pyrrole nitrogens is 1. The normalized spacial score (nSPS) is 15.7. The zero-order chi connectivity index (χ0) is 20.8. The van der Waals surface area contributed by atoms with Gasteiger partial charge in [-0.05, 0) is 30.2 Å². The number of carbonyl (C=O) groups is 2. The number of aromatic amines is 1. The number of aromatic nitrogens is 1. The van der Waals surface area contributed by atoms with Crippen LogP contribution in [-0.2, 0) is 20.7 Å². The van der Waals surface area contributed by atoms with E-state index >= 15 is 0 Å². The van der Waals surface area contributed by atoms with Gasteiger partial charge in [0, 0.05) is 43.3 Å². The highest BCUT2D eigenvalue weighted by atomic mass is 16.5. The number of amides is 2. The van der Waals surface area contributed by atoms with Gasteiger partial charge in [0.2, 0.25) is 0 Å². The molecular weight excluding hydrogens is 384 g/mol. The molecule has 1 aromatic carbocycles. The summed E-state index contributed by atoms with van der Waals surface area (Å²) in [6.45, 7) is 3.45. The second kappa shape index (κ2) is 9.60. The number of furan rings is 1. The summed E-state index contributed by atoms with van der Waals surface area (Å²) in [5, 5.41) is 6.57. The first-order valence-electron chi connectivity index (χ1n) is 10.2. The molecule has 30 heavy (non-hydrogen) atoms. The topological polar surface area (TPSA) is 99.6 Å². The lowest BCUT2D eigenvalue weighted by Crippen LogP contribution is -2.46. The zero-order valence-electron chi connectivity index (χ0n) is 16.7. The van der Waals surface area contributed by atoms with Gasteiger partial charge in [0.15, 0.2) is 0 Å². The lowest BCUT2D eigenvalue weighted by atomic mass is 10.1. The number of rotatable bonds is 7. The van der Waals surface area contributed by atoms with E-state index in [-0.39, 0.29) is 6.04 Å². The molecule has 0 saturated carbocycles. The van der Waals surface area contributed by atoms with Crippen LogP contribution in [0.4, 0.5) is 0 Å². The number of hydrogen-bond donors (Lipinski definition) is 3. The van der Waals surface area contributed by atoms with Crippen LogP contribution >= 0.6 is 0 Å². The van der Waals surface area contributed by atoms with Gasteiger partial charge in [0.05, 0.1) is 25.5 Å². The van der Waals surface area contributed by atoms with Crippen LogP contribution in [0.5, 0.6) is 0 Å². The monoisotopic (exact) mass is 410 g/mol. The van der Waals surface area contributed by atoms with E-state index in [0.29, 0.717) is 32.7 Å². The summed E-state index contributed by atoms with van der Waals surface area (Å²) < 4.78 is 11.0. The van der Waals surface area contributed by atoms with Crippen LogP contribution in [0.2, 0.25) is 0 Å². The molecule has 0 spiro atoms. The van der Waals surface area contributed by atoms with Crippen molar-refractivity contribution in [2.75, 3.05) is 39.4 Å². The molecular formula is C22H26N4O4. The minimum Gasteiger partial charge on any atom is -0.468 e. The van der Waals surface area contributed by atoms with E-state index in [0.717, 1.165) is 35.3 Å². The maximum atomic E-state index is 12.3. The average Bonchev–Trinajstić information content (AvgIpc) is 3.45. The fourth-order valence-electron chi connectivity index (χ4n) is 3.78. The number of hydrogen-bond acceptors (Lipinski definition) is 5. The van der Waals surface area contributed by atoms with E-state index in [2.05, 4.69) is 20.5 Å². The number of benzene rings is 1. The van der Waals surface area contributed by atoms with Crippen molar-refractivity contribution in [3.63, 3.8) is 0 Å². The highest BCUT2D eigenvalue weighted by molar-refractivity contribution is 6.35. The largest absolute Gasteiger partial charge is 0.468 e. The molecule has 4 rings (SSSR count). The molecule has 1 atom stereocenters. The van der Waals surface area contributed by atoms with Crippen molar-refractivity contribution in [3.8, 4) is 0 Å². The van der Waals surface area contributed by atoms with Crippen LogP contribution < -0.4 is 10.6 Å². The molecule has 2 amide bonds. The Balaban J connectivity index is 1.27. The van der Waals surface area contributed by atoms with Gasteiger partial charge < -0.3 is 24.8 Å². The molecule has 3 aromatic rings. The summed E-state index contributed by atoms with van der Waals surface area (Å²) >= 11 is 0. The molecule has 158 valence electrons. The van der Waals surface area contributed by atoms with Crippen LogP contribution in [0, 0.1) is 0 Å². The van der Waals surface area contributed by atoms with Crippen molar-refractivity contribution >= 4 is 22.7 Å². The van der Waals surface area contributed by atoms with Crippen molar-refractivity contribution in [3.05, 3.63) is 60.2 Å². The Bertz CT molecular complexity index is 976. The number of nitrogens with one attached hydrogen (secondary N) is 3. The van der Waals surface area contributed by atoms with Gasteiger partial charge in [-0.1, -0.05) is 18.2 Å². The van der Waals surface area contributed by atoms with E-state index in [9.17, 15) is 9.59 Å². The molecule has 0 bridgehead atoms. The fraction of sp³-hybridized carbons (Fsp3) is 0.364. The summed E-state index contributed by atoms with van der Waals surface area (Å²) in [6, 6.07) is 11.6. The summed E-state index contributed by atoms with van der Waals surface area (Å²) in [6.07, 6.45) is 4.20. The second-order valence-corrected chi connectivity index (χ2v) is 7.25. The van der Waals surface area contributed by atoms with Gasteiger partial charge in [0.25, 0.3) is 0 Å². The first-order chi connectivity index (χ1) is 14.7. The molecule has 0 radical (unpaired) electrons. The standard InChI is InChI=1S/C22H26N4O4/c27-21(23-8-7-16-14-24-18-5-2-1-4-17(16)18)22(28)25-15-19(20-6-3-11-30-20)26-9-12-29-13-10-26/h1-6,11,14,19,24H,7-10,12-13,15H2,(H,23,27)(H,25,28). The first-order valence-corrected chi connectivity index (χ1v) is 10.2. The van der Waals surface area contributed by atoms with Crippen molar-refractivity contribution in [2.24, 2.45) is 0 Å². The minimum atomic E-state index is -0.640.